The van der Waals surface area contributed by atoms with Crippen LogP contribution in [0.4, 0.5) is 0 Å². The highest BCUT2D eigenvalue weighted by Crippen LogP contribution is 2.36. The quantitative estimate of drug-likeness (QED) is 0.883. The predicted molar refractivity (Wildman–Crippen MR) is 92.5 cm³/mol. The molecule has 0 bridgehead atoms. The molecule has 4 rings (SSSR count). The molecule has 0 aliphatic carbocycles. The lowest BCUT2D eigenvalue weighted by molar-refractivity contribution is -0.124. The van der Waals surface area contributed by atoms with Gasteiger partial charge in [0, 0.05) is 31.6 Å². The Morgan fingerprint density at radius 1 is 1.28 bits per heavy atom. The number of benzene rings is 1. The van der Waals surface area contributed by atoms with E-state index in [0.717, 1.165) is 37.6 Å². The summed E-state index contributed by atoms with van der Waals surface area (Å²) < 4.78 is 16.9. The zero-order chi connectivity index (χ0) is 17.4. The van der Waals surface area contributed by atoms with Gasteiger partial charge >= 0.3 is 0 Å². The van der Waals surface area contributed by atoms with Gasteiger partial charge in [0.1, 0.15) is 0 Å². The maximum Gasteiger partial charge on any atom is 0.231 e. The molecular formula is C19H26N2O4. The van der Waals surface area contributed by atoms with Crippen molar-refractivity contribution in [3.05, 3.63) is 23.8 Å². The topological polar surface area (TPSA) is 60.0 Å². The van der Waals surface area contributed by atoms with Crippen molar-refractivity contribution in [3.63, 3.8) is 0 Å². The first kappa shape index (κ1) is 16.7. The van der Waals surface area contributed by atoms with Crippen molar-refractivity contribution in [1.29, 1.82) is 0 Å². The van der Waals surface area contributed by atoms with Crippen LogP contribution in [0.2, 0.25) is 0 Å². The fourth-order valence-electron chi connectivity index (χ4n) is 4.09. The molecule has 3 atom stereocenters. The van der Waals surface area contributed by atoms with Gasteiger partial charge in [0.15, 0.2) is 11.5 Å². The third-order valence-corrected chi connectivity index (χ3v) is 5.10. The van der Waals surface area contributed by atoms with Crippen LogP contribution in [-0.4, -0.2) is 48.9 Å². The van der Waals surface area contributed by atoms with Crippen LogP contribution in [0.3, 0.4) is 0 Å². The molecule has 6 heteroatoms. The molecule has 3 aliphatic rings. The molecule has 2 fully saturated rings. The molecule has 25 heavy (non-hydrogen) atoms. The number of hydrogen-bond donors (Lipinski definition) is 1. The first-order valence-electron chi connectivity index (χ1n) is 9.12. The summed E-state index contributed by atoms with van der Waals surface area (Å²) in [6.45, 7) is 7.13. The van der Waals surface area contributed by atoms with E-state index in [1.165, 1.54) is 5.56 Å². The molecule has 1 aromatic carbocycles. The fourth-order valence-corrected chi connectivity index (χ4v) is 4.09. The largest absolute Gasteiger partial charge is 0.454 e. The van der Waals surface area contributed by atoms with Crippen molar-refractivity contribution in [2.45, 2.75) is 51.5 Å². The SMILES string of the molecule is CC(C)NC(=O)C[C@H]1C[C@H]2CN(Cc3ccc4c(c3)OCO4)C[C@H]2O1. The predicted octanol–water partition coefficient (Wildman–Crippen LogP) is 1.92. The summed E-state index contributed by atoms with van der Waals surface area (Å²) in [5, 5.41) is 2.95. The Balaban J connectivity index is 1.27. The number of hydrogen-bond acceptors (Lipinski definition) is 5. The van der Waals surface area contributed by atoms with Crippen molar-refractivity contribution in [1.82, 2.24) is 10.2 Å². The first-order chi connectivity index (χ1) is 12.1. The lowest BCUT2D eigenvalue weighted by Crippen LogP contribution is -2.33. The van der Waals surface area contributed by atoms with Crippen molar-refractivity contribution >= 4 is 5.91 Å². The number of fused-ring (bicyclic) bond motifs is 2. The Morgan fingerprint density at radius 3 is 2.92 bits per heavy atom. The number of rotatable bonds is 5. The Labute approximate surface area is 148 Å². The lowest BCUT2D eigenvalue weighted by Gasteiger charge is -2.19. The zero-order valence-electron chi connectivity index (χ0n) is 14.9. The molecule has 136 valence electrons. The average Bonchev–Trinajstić information content (AvgIpc) is 3.20. The van der Waals surface area contributed by atoms with Crippen LogP contribution < -0.4 is 14.8 Å². The maximum absolute atomic E-state index is 11.9. The second-order valence-corrected chi connectivity index (χ2v) is 7.60. The molecule has 1 amide bonds. The van der Waals surface area contributed by atoms with Gasteiger partial charge in [-0.15, -0.1) is 0 Å². The van der Waals surface area contributed by atoms with Gasteiger partial charge in [-0.1, -0.05) is 6.07 Å². The Hall–Kier alpha value is -1.79. The third-order valence-electron chi connectivity index (χ3n) is 5.10. The minimum absolute atomic E-state index is 0.0708. The molecule has 0 aromatic heterocycles. The highest BCUT2D eigenvalue weighted by atomic mass is 16.7. The number of nitrogens with one attached hydrogen (secondary N) is 1. The van der Waals surface area contributed by atoms with Gasteiger partial charge in [0.25, 0.3) is 0 Å². The zero-order valence-corrected chi connectivity index (χ0v) is 14.9. The number of carbonyl (C=O) groups excluding carboxylic acids is 1. The van der Waals surface area contributed by atoms with Gasteiger partial charge in [-0.3, -0.25) is 9.69 Å². The maximum atomic E-state index is 11.9. The van der Waals surface area contributed by atoms with Gasteiger partial charge in [0.2, 0.25) is 12.7 Å². The Bertz CT molecular complexity index is 634. The lowest BCUT2D eigenvalue weighted by atomic mass is 10.0. The van der Waals surface area contributed by atoms with Crippen molar-refractivity contribution in [2.24, 2.45) is 5.92 Å². The minimum Gasteiger partial charge on any atom is -0.454 e. The number of nitrogens with zero attached hydrogens (tertiary/aromatic N) is 1. The van der Waals surface area contributed by atoms with Crippen LogP contribution in [0, 0.1) is 5.92 Å². The highest BCUT2D eigenvalue weighted by molar-refractivity contribution is 5.76. The van der Waals surface area contributed by atoms with Crippen molar-refractivity contribution in [3.8, 4) is 11.5 Å². The van der Waals surface area contributed by atoms with Crippen LogP contribution in [-0.2, 0) is 16.1 Å². The monoisotopic (exact) mass is 346 g/mol. The second kappa shape index (κ2) is 6.84. The van der Waals surface area contributed by atoms with E-state index in [1.807, 2.05) is 19.9 Å². The molecule has 0 spiro atoms. The molecule has 3 aliphatic heterocycles. The third kappa shape index (κ3) is 3.75. The van der Waals surface area contributed by atoms with Crippen molar-refractivity contribution < 1.29 is 19.0 Å². The van der Waals surface area contributed by atoms with E-state index < -0.39 is 0 Å². The van der Waals surface area contributed by atoms with E-state index in [2.05, 4.69) is 22.3 Å². The summed E-state index contributed by atoms with van der Waals surface area (Å²) in [6, 6.07) is 6.33. The highest BCUT2D eigenvalue weighted by Gasteiger charge is 2.42. The van der Waals surface area contributed by atoms with E-state index in [-0.39, 0.29) is 24.2 Å². The van der Waals surface area contributed by atoms with Crippen LogP contribution in [0.5, 0.6) is 11.5 Å². The fraction of sp³-hybridized carbons (Fsp3) is 0.632. The minimum atomic E-state index is 0.0708. The van der Waals surface area contributed by atoms with Gasteiger partial charge < -0.3 is 19.5 Å². The van der Waals surface area contributed by atoms with E-state index in [0.29, 0.717) is 19.1 Å². The molecule has 0 saturated carbocycles. The van der Waals surface area contributed by atoms with Gasteiger partial charge in [-0.05, 0) is 38.0 Å². The van der Waals surface area contributed by atoms with Gasteiger partial charge in [0.05, 0.1) is 18.6 Å². The summed E-state index contributed by atoms with van der Waals surface area (Å²) >= 11 is 0. The molecule has 3 heterocycles. The molecule has 6 nitrogen and oxygen atoms in total. The summed E-state index contributed by atoms with van der Waals surface area (Å²) in [4.78, 5) is 14.3. The molecule has 2 saturated heterocycles. The van der Waals surface area contributed by atoms with Crippen LogP contribution in [0.25, 0.3) is 0 Å². The van der Waals surface area contributed by atoms with Gasteiger partial charge in [-0.2, -0.15) is 0 Å². The van der Waals surface area contributed by atoms with Gasteiger partial charge in [-0.25, -0.2) is 0 Å². The average molecular weight is 346 g/mol. The smallest absolute Gasteiger partial charge is 0.231 e. The molecule has 1 N–H and O–H groups in total. The van der Waals surface area contributed by atoms with E-state index in [4.69, 9.17) is 14.2 Å². The van der Waals surface area contributed by atoms with Crippen LogP contribution in [0.1, 0.15) is 32.3 Å². The number of amides is 1. The molecular weight excluding hydrogens is 320 g/mol. The van der Waals surface area contributed by atoms with Crippen LogP contribution in [0.15, 0.2) is 18.2 Å². The Kier molecular flexibility index (Phi) is 4.56. The van der Waals surface area contributed by atoms with Crippen molar-refractivity contribution in [2.75, 3.05) is 19.9 Å². The summed E-state index contributed by atoms with van der Waals surface area (Å²) in [5.74, 6) is 2.29. The van der Waals surface area contributed by atoms with E-state index in [1.54, 1.807) is 0 Å². The Morgan fingerprint density at radius 2 is 2.12 bits per heavy atom. The summed E-state index contributed by atoms with van der Waals surface area (Å²) in [5.41, 5.74) is 1.23. The molecule has 0 radical (unpaired) electrons. The summed E-state index contributed by atoms with van der Waals surface area (Å²) in [6.07, 6.45) is 1.79. The number of ether oxygens (including phenoxy) is 3. The molecule has 1 aromatic rings. The van der Waals surface area contributed by atoms with Crippen LogP contribution >= 0.6 is 0 Å². The normalized spacial score (nSPS) is 27.7. The second-order valence-electron chi connectivity index (χ2n) is 7.60. The van der Waals surface area contributed by atoms with E-state index in [9.17, 15) is 4.79 Å². The standard InChI is InChI=1S/C19H26N2O4/c1-12(2)20-19(22)7-15-6-14-9-21(10-18(14)25-15)8-13-3-4-16-17(5-13)24-11-23-16/h3-5,12,14-15,18H,6-11H2,1-2H3,(H,20,22)/t14-,15+,18+/m0/s1. The number of carbonyl (C=O) groups is 1. The number of likely N-dealkylation sites (tertiary alicyclic amines) is 1. The molecule has 0 unspecified atom stereocenters. The first-order valence-corrected chi connectivity index (χ1v) is 9.12. The van der Waals surface area contributed by atoms with E-state index >= 15 is 0 Å². The summed E-state index contributed by atoms with van der Waals surface area (Å²) in [7, 11) is 0.